The summed E-state index contributed by atoms with van der Waals surface area (Å²) in [6, 6.07) is 10.3. The van der Waals surface area contributed by atoms with Crippen molar-refractivity contribution in [2.24, 2.45) is 0 Å². The van der Waals surface area contributed by atoms with Gasteiger partial charge in [-0.3, -0.25) is 9.59 Å². The lowest BCUT2D eigenvalue weighted by molar-refractivity contribution is -0.139. The van der Waals surface area contributed by atoms with Crippen LogP contribution in [0.5, 0.6) is 0 Å². The fraction of sp³-hybridized carbons (Fsp3) is 0.211. The minimum absolute atomic E-state index is 0.0196. The van der Waals surface area contributed by atoms with Crippen molar-refractivity contribution >= 4 is 41.0 Å². The maximum atomic E-state index is 12.4. The quantitative estimate of drug-likeness (QED) is 0.619. The van der Waals surface area contributed by atoms with E-state index >= 15 is 0 Å². The number of nitrogens with one attached hydrogen (secondary N) is 1. The Labute approximate surface area is 165 Å². The minimum Gasteiger partial charge on any atom is -0.481 e. The molecule has 0 heterocycles. The zero-order chi connectivity index (χ0) is 20.0. The summed E-state index contributed by atoms with van der Waals surface area (Å²) < 4.78 is 0. The molecule has 6 nitrogen and oxygen atoms in total. The number of carboxylic acid groups (broad SMARTS) is 2. The van der Waals surface area contributed by atoms with E-state index in [-0.39, 0.29) is 28.5 Å². The van der Waals surface area contributed by atoms with E-state index in [1.54, 1.807) is 30.3 Å². The van der Waals surface area contributed by atoms with Crippen LogP contribution in [0.2, 0.25) is 10.0 Å². The third-order valence-corrected chi connectivity index (χ3v) is 4.51. The highest BCUT2D eigenvalue weighted by Crippen LogP contribution is 2.24. The summed E-state index contributed by atoms with van der Waals surface area (Å²) in [7, 11) is 0. The molecule has 0 saturated carbocycles. The number of carbonyl (C=O) groups excluding carboxylic acids is 1. The summed E-state index contributed by atoms with van der Waals surface area (Å²) in [6.45, 7) is 0. The molecular formula is C19H17Cl2NO5. The third-order valence-electron chi connectivity index (χ3n) is 3.88. The molecule has 0 saturated heterocycles. The largest absolute Gasteiger partial charge is 0.481 e. The van der Waals surface area contributed by atoms with E-state index in [0.717, 1.165) is 5.56 Å². The smallest absolute Gasteiger partial charge is 0.326 e. The molecule has 0 spiro atoms. The summed E-state index contributed by atoms with van der Waals surface area (Å²) in [5, 5.41) is 20.8. The molecule has 2 rings (SSSR count). The van der Waals surface area contributed by atoms with Crippen LogP contribution in [0, 0.1) is 0 Å². The molecule has 3 N–H and O–H groups in total. The van der Waals surface area contributed by atoms with Crippen molar-refractivity contribution < 1.29 is 24.6 Å². The molecule has 1 atom stereocenters. The second-order valence-electron chi connectivity index (χ2n) is 5.88. The molecule has 0 radical (unpaired) electrons. The number of amides is 1. The molecule has 0 bridgehead atoms. The first kappa shape index (κ1) is 20.7. The summed E-state index contributed by atoms with van der Waals surface area (Å²) in [6.07, 6.45) is 0.466. The number of hydrogen-bond acceptors (Lipinski definition) is 3. The van der Waals surface area contributed by atoms with Gasteiger partial charge < -0.3 is 15.5 Å². The molecule has 1 unspecified atom stereocenters. The van der Waals surface area contributed by atoms with Crippen LogP contribution < -0.4 is 5.32 Å². The highest BCUT2D eigenvalue weighted by molar-refractivity contribution is 6.39. The van der Waals surface area contributed by atoms with Gasteiger partial charge in [-0.1, -0.05) is 53.5 Å². The van der Waals surface area contributed by atoms with E-state index in [0.29, 0.717) is 12.0 Å². The normalized spacial score (nSPS) is 11.6. The van der Waals surface area contributed by atoms with Crippen molar-refractivity contribution in [1.82, 2.24) is 5.32 Å². The lowest BCUT2D eigenvalue weighted by Gasteiger charge is -2.16. The Hall–Kier alpha value is -2.57. The predicted molar refractivity (Wildman–Crippen MR) is 101 cm³/mol. The number of carboxylic acids is 2. The zero-order valence-electron chi connectivity index (χ0n) is 14.1. The van der Waals surface area contributed by atoms with Gasteiger partial charge in [0.1, 0.15) is 6.04 Å². The van der Waals surface area contributed by atoms with Gasteiger partial charge in [0.05, 0.1) is 15.6 Å². The lowest BCUT2D eigenvalue weighted by atomic mass is 10.0. The Morgan fingerprint density at radius 2 is 1.48 bits per heavy atom. The van der Waals surface area contributed by atoms with E-state index in [1.807, 2.05) is 0 Å². The number of hydrogen-bond donors (Lipinski definition) is 3. The molecule has 0 aromatic heterocycles. The van der Waals surface area contributed by atoms with Gasteiger partial charge in [0.2, 0.25) is 0 Å². The summed E-state index contributed by atoms with van der Waals surface area (Å²) in [5.41, 5.74) is 1.54. The number of halogens is 2. The Morgan fingerprint density at radius 1 is 0.926 bits per heavy atom. The fourth-order valence-corrected chi connectivity index (χ4v) is 3.04. The Kier molecular flexibility index (Phi) is 7.21. The molecule has 0 aliphatic heterocycles. The van der Waals surface area contributed by atoms with Crippen molar-refractivity contribution in [3.63, 3.8) is 0 Å². The summed E-state index contributed by atoms with van der Waals surface area (Å²) in [5.74, 6) is -2.75. The van der Waals surface area contributed by atoms with Gasteiger partial charge in [0, 0.05) is 12.8 Å². The molecule has 0 aliphatic carbocycles. The van der Waals surface area contributed by atoms with Crippen molar-refractivity contribution in [3.05, 3.63) is 69.2 Å². The van der Waals surface area contributed by atoms with Gasteiger partial charge in [-0.05, 0) is 29.7 Å². The van der Waals surface area contributed by atoms with Crippen LogP contribution in [-0.2, 0) is 22.4 Å². The van der Waals surface area contributed by atoms with Crippen LogP contribution in [-0.4, -0.2) is 34.1 Å². The standard InChI is InChI=1S/C19H17Cl2NO5/c20-13-2-1-3-14(21)17(13)18(25)22-15(19(26)27)10-12-6-4-11(5-7-12)8-9-16(23)24/h1-7,15H,8-10H2,(H,22,25)(H,23,24)(H,26,27). The number of carbonyl (C=O) groups is 3. The van der Waals surface area contributed by atoms with E-state index < -0.39 is 23.9 Å². The number of rotatable bonds is 8. The third kappa shape index (κ3) is 5.98. The van der Waals surface area contributed by atoms with Crippen LogP contribution in [0.1, 0.15) is 27.9 Å². The van der Waals surface area contributed by atoms with Crippen molar-refractivity contribution in [1.29, 1.82) is 0 Å². The van der Waals surface area contributed by atoms with Crippen molar-refractivity contribution in [2.45, 2.75) is 25.3 Å². The second-order valence-corrected chi connectivity index (χ2v) is 6.69. The molecular weight excluding hydrogens is 393 g/mol. The Balaban J connectivity index is 2.08. The van der Waals surface area contributed by atoms with E-state index in [1.165, 1.54) is 12.1 Å². The molecule has 142 valence electrons. The van der Waals surface area contributed by atoms with Gasteiger partial charge in [-0.2, -0.15) is 0 Å². The molecule has 27 heavy (non-hydrogen) atoms. The first-order valence-corrected chi connectivity index (χ1v) is 8.81. The SMILES string of the molecule is O=C(O)CCc1ccc(CC(NC(=O)c2c(Cl)cccc2Cl)C(=O)O)cc1. The van der Waals surface area contributed by atoms with Crippen LogP contribution in [0.3, 0.4) is 0 Å². The van der Waals surface area contributed by atoms with Gasteiger partial charge in [0.15, 0.2) is 0 Å². The first-order valence-electron chi connectivity index (χ1n) is 8.05. The van der Waals surface area contributed by atoms with Gasteiger partial charge in [0.25, 0.3) is 5.91 Å². The molecule has 8 heteroatoms. The molecule has 1 amide bonds. The van der Waals surface area contributed by atoms with Crippen LogP contribution in [0.4, 0.5) is 0 Å². The highest BCUT2D eigenvalue weighted by atomic mass is 35.5. The Bertz CT molecular complexity index is 831. The van der Waals surface area contributed by atoms with Crippen molar-refractivity contribution in [2.75, 3.05) is 0 Å². The van der Waals surface area contributed by atoms with Crippen LogP contribution >= 0.6 is 23.2 Å². The highest BCUT2D eigenvalue weighted by Gasteiger charge is 2.23. The average Bonchev–Trinajstić information content (AvgIpc) is 2.60. The maximum absolute atomic E-state index is 12.4. The van der Waals surface area contributed by atoms with Crippen LogP contribution in [0.25, 0.3) is 0 Å². The predicted octanol–water partition coefficient (Wildman–Crippen LogP) is 3.44. The maximum Gasteiger partial charge on any atom is 0.326 e. The van der Waals surface area contributed by atoms with Gasteiger partial charge in [-0.25, -0.2) is 4.79 Å². The second kappa shape index (κ2) is 9.39. The van der Waals surface area contributed by atoms with Gasteiger partial charge >= 0.3 is 11.9 Å². The van der Waals surface area contributed by atoms with Crippen molar-refractivity contribution in [3.8, 4) is 0 Å². The average molecular weight is 410 g/mol. The molecule has 0 aliphatic rings. The van der Waals surface area contributed by atoms with E-state index in [4.69, 9.17) is 28.3 Å². The summed E-state index contributed by atoms with van der Waals surface area (Å²) >= 11 is 12.0. The topological polar surface area (TPSA) is 104 Å². The Morgan fingerprint density at radius 3 is 2.00 bits per heavy atom. The summed E-state index contributed by atoms with van der Waals surface area (Å²) in [4.78, 5) is 34.5. The van der Waals surface area contributed by atoms with E-state index in [2.05, 4.69) is 5.32 Å². The number of benzene rings is 2. The lowest BCUT2D eigenvalue weighted by Crippen LogP contribution is -2.42. The fourth-order valence-electron chi connectivity index (χ4n) is 2.47. The zero-order valence-corrected chi connectivity index (χ0v) is 15.6. The first-order chi connectivity index (χ1) is 12.8. The minimum atomic E-state index is -1.19. The monoisotopic (exact) mass is 409 g/mol. The molecule has 2 aromatic rings. The molecule has 2 aromatic carbocycles. The van der Waals surface area contributed by atoms with E-state index in [9.17, 15) is 19.5 Å². The van der Waals surface area contributed by atoms with Crippen LogP contribution in [0.15, 0.2) is 42.5 Å². The molecule has 0 fully saturated rings. The van der Waals surface area contributed by atoms with Gasteiger partial charge in [-0.15, -0.1) is 0 Å². The number of aliphatic carboxylic acids is 2. The number of aryl methyl sites for hydroxylation is 1.